The number of carbonyl (C=O) groups is 1. The van der Waals surface area contributed by atoms with Gasteiger partial charge in [0.25, 0.3) is 5.56 Å². The number of hydrogen-bond acceptors (Lipinski definition) is 3. The van der Waals surface area contributed by atoms with Gasteiger partial charge in [-0.25, -0.2) is 4.98 Å². The standard InChI is InChI=1S/C16H20BrN3O2/c1-11(2)4-3-7-18-15(21)9-20-10-19-14-6-5-12(17)8-13(14)16(20)22/h5-6,8,10-11H,3-4,7,9H2,1-2H3,(H,18,21). The van der Waals surface area contributed by atoms with Gasteiger partial charge in [0.05, 0.1) is 17.2 Å². The third-order valence-corrected chi connectivity index (χ3v) is 3.87. The highest BCUT2D eigenvalue weighted by molar-refractivity contribution is 9.10. The van der Waals surface area contributed by atoms with Crippen LogP contribution in [0.15, 0.2) is 33.8 Å². The van der Waals surface area contributed by atoms with Crippen LogP contribution in [0.1, 0.15) is 26.7 Å². The molecular formula is C16H20BrN3O2. The molecule has 118 valence electrons. The van der Waals surface area contributed by atoms with Crippen molar-refractivity contribution in [3.63, 3.8) is 0 Å². The lowest BCUT2D eigenvalue weighted by atomic mass is 10.1. The molecule has 1 aromatic carbocycles. The number of carbonyl (C=O) groups excluding carboxylic acids is 1. The fourth-order valence-electron chi connectivity index (χ4n) is 2.19. The van der Waals surface area contributed by atoms with Crippen LogP contribution in [0.2, 0.25) is 0 Å². The molecule has 0 aliphatic heterocycles. The molecule has 0 radical (unpaired) electrons. The molecule has 2 aromatic rings. The van der Waals surface area contributed by atoms with Crippen molar-refractivity contribution in [1.29, 1.82) is 0 Å². The van der Waals surface area contributed by atoms with Gasteiger partial charge in [0.15, 0.2) is 0 Å². The summed E-state index contributed by atoms with van der Waals surface area (Å²) in [5, 5.41) is 3.34. The summed E-state index contributed by atoms with van der Waals surface area (Å²) >= 11 is 3.34. The van der Waals surface area contributed by atoms with Gasteiger partial charge in [0.1, 0.15) is 6.54 Å². The van der Waals surface area contributed by atoms with Gasteiger partial charge in [0, 0.05) is 11.0 Å². The maximum Gasteiger partial charge on any atom is 0.261 e. The molecule has 0 aliphatic rings. The second-order valence-corrected chi connectivity index (χ2v) is 6.64. The third kappa shape index (κ3) is 4.40. The molecule has 1 aromatic heterocycles. The van der Waals surface area contributed by atoms with E-state index in [0.717, 1.165) is 17.3 Å². The van der Waals surface area contributed by atoms with Gasteiger partial charge in [-0.05, 0) is 37.0 Å². The van der Waals surface area contributed by atoms with Crippen LogP contribution in [0, 0.1) is 5.92 Å². The molecule has 0 unspecified atom stereocenters. The fraction of sp³-hybridized carbons (Fsp3) is 0.438. The Morgan fingerprint density at radius 1 is 1.41 bits per heavy atom. The number of benzene rings is 1. The lowest BCUT2D eigenvalue weighted by Crippen LogP contribution is -2.33. The normalized spacial score (nSPS) is 11.1. The molecule has 1 N–H and O–H groups in total. The summed E-state index contributed by atoms with van der Waals surface area (Å²) in [4.78, 5) is 28.5. The number of nitrogens with one attached hydrogen (secondary N) is 1. The van der Waals surface area contributed by atoms with Gasteiger partial charge in [0.2, 0.25) is 5.91 Å². The molecule has 0 saturated carbocycles. The van der Waals surface area contributed by atoms with E-state index in [1.165, 1.54) is 10.9 Å². The summed E-state index contributed by atoms with van der Waals surface area (Å²) in [7, 11) is 0. The second-order valence-electron chi connectivity index (χ2n) is 5.73. The van der Waals surface area contributed by atoms with E-state index in [0.29, 0.717) is 23.4 Å². The molecule has 0 saturated heterocycles. The number of amides is 1. The van der Waals surface area contributed by atoms with Crippen molar-refractivity contribution in [2.45, 2.75) is 33.2 Å². The van der Waals surface area contributed by atoms with Crippen LogP contribution in [0.25, 0.3) is 10.9 Å². The summed E-state index contributed by atoms with van der Waals surface area (Å²) in [5.74, 6) is 0.463. The highest BCUT2D eigenvalue weighted by atomic mass is 79.9. The van der Waals surface area contributed by atoms with E-state index in [-0.39, 0.29) is 18.0 Å². The van der Waals surface area contributed by atoms with Crippen molar-refractivity contribution in [2.75, 3.05) is 6.54 Å². The lowest BCUT2D eigenvalue weighted by Gasteiger charge is -2.09. The van der Waals surface area contributed by atoms with Gasteiger partial charge in [-0.2, -0.15) is 0 Å². The van der Waals surface area contributed by atoms with E-state index in [1.807, 2.05) is 6.07 Å². The summed E-state index contributed by atoms with van der Waals surface area (Å²) in [6.07, 6.45) is 3.44. The molecule has 2 rings (SSSR count). The Bertz CT molecular complexity index is 725. The quantitative estimate of drug-likeness (QED) is 0.800. The van der Waals surface area contributed by atoms with Gasteiger partial charge >= 0.3 is 0 Å². The van der Waals surface area contributed by atoms with Crippen molar-refractivity contribution in [3.8, 4) is 0 Å². The molecule has 5 nitrogen and oxygen atoms in total. The van der Waals surface area contributed by atoms with E-state index in [4.69, 9.17) is 0 Å². The minimum Gasteiger partial charge on any atom is -0.355 e. The Morgan fingerprint density at radius 2 is 2.18 bits per heavy atom. The third-order valence-electron chi connectivity index (χ3n) is 3.38. The summed E-state index contributed by atoms with van der Waals surface area (Å²) in [6.45, 7) is 4.94. The molecule has 1 amide bonds. The molecular weight excluding hydrogens is 346 g/mol. The van der Waals surface area contributed by atoms with Crippen molar-refractivity contribution in [3.05, 3.63) is 39.4 Å². The fourth-order valence-corrected chi connectivity index (χ4v) is 2.55. The SMILES string of the molecule is CC(C)CCCNC(=O)Cn1cnc2ccc(Br)cc2c1=O. The zero-order valence-electron chi connectivity index (χ0n) is 12.8. The van der Waals surface area contributed by atoms with Crippen molar-refractivity contribution >= 4 is 32.7 Å². The zero-order valence-corrected chi connectivity index (χ0v) is 14.4. The average molecular weight is 366 g/mol. The molecule has 22 heavy (non-hydrogen) atoms. The first-order valence-corrected chi connectivity index (χ1v) is 8.18. The predicted octanol–water partition coefficient (Wildman–Crippen LogP) is 2.71. The summed E-state index contributed by atoms with van der Waals surface area (Å²) < 4.78 is 2.15. The van der Waals surface area contributed by atoms with E-state index in [1.54, 1.807) is 12.1 Å². The molecule has 0 atom stereocenters. The van der Waals surface area contributed by atoms with E-state index in [2.05, 4.69) is 40.1 Å². The Morgan fingerprint density at radius 3 is 2.91 bits per heavy atom. The van der Waals surface area contributed by atoms with Crippen molar-refractivity contribution in [2.24, 2.45) is 5.92 Å². The largest absolute Gasteiger partial charge is 0.355 e. The Balaban J connectivity index is 2.04. The molecule has 0 spiro atoms. The predicted molar refractivity (Wildman–Crippen MR) is 90.8 cm³/mol. The molecule has 6 heteroatoms. The van der Waals surface area contributed by atoms with Crippen LogP contribution in [0.5, 0.6) is 0 Å². The number of aromatic nitrogens is 2. The maximum atomic E-state index is 12.4. The van der Waals surface area contributed by atoms with Crippen LogP contribution >= 0.6 is 15.9 Å². The van der Waals surface area contributed by atoms with Crippen LogP contribution in [0.4, 0.5) is 0 Å². The molecule has 0 fully saturated rings. The Labute approximate surface area is 137 Å². The minimum atomic E-state index is -0.205. The highest BCUT2D eigenvalue weighted by Crippen LogP contribution is 2.14. The van der Waals surface area contributed by atoms with E-state index >= 15 is 0 Å². The minimum absolute atomic E-state index is 0.00400. The van der Waals surface area contributed by atoms with Gasteiger partial charge in [-0.3, -0.25) is 14.2 Å². The topological polar surface area (TPSA) is 64.0 Å². The van der Waals surface area contributed by atoms with Crippen LogP contribution in [-0.2, 0) is 11.3 Å². The van der Waals surface area contributed by atoms with Crippen LogP contribution in [0.3, 0.4) is 0 Å². The van der Waals surface area contributed by atoms with Crippen molar-refractivity contribution < 1.29 is 4.79 Å². The number of fused-ring (bicyclic) bond motifs is 1. The zero-order chi connectivity index (χ0) is 16.1. The van der Waals surface area contributed by atoms with Crippen molar-refractivity contribution in [1.82, 2.24) is 14.9 Å². The second kappa shape index (κ2) is 7.54. The highest BCUT2D eigenvalue weighted by Gasteiger charge is 2.08. The van der Waals surface area contributed by atoms with Gasteiger partial charge < -0.3 is 5.32 Å². The first-order chi connectivity index (χ1) is 10.5. The summed E-state index contributed by atoms with van der Waals surface area (Å²) in [5.41, 5.74) is 0.422. The molecule has 0 aliphatic carbocycles. The van der Waals surface area contributed by atoms with E-state index < -0.39 is 0 Å². The lowest BCUT2D eigenvalue weighted by molar-refractivity contribution is -0.121. The van der Waals surface area contributed by atoms with E-state index in [9.17, 15) is 9.59 Å². The first kappa shape index (κ1) is 16.7. The summed E-state index contributed by atoms with van der Waals surface area (Å²) in [6, 6.07) is 5.33. The van der Waals surface area contributed by atoms with Crippen LogP contribution in [-0.4, -0.2) is 22.0 Å². The number of hydrogen-bond donors (Lipinski definition) is 1. The Hall–Kier alpha value is -1.69. The number of nitrogens with zero attached hydrogens (tertiary/aromatic N) is 2. The smallest absolute Gasteiger partial charge is 0.261 e. The molecule has 0 bridgehead atoms. The maximum absolute atomic E-state index is 12.4. The number of halogens is 1. The van der Waals surface area contributed by atoms with Gasteiger partial charge in [-0.1, -0.05) is 29.8 Å². The first-order valence-electron chi connectivity index (χ1n) is 7.39. The average Bonchev–Trinajstić information content (AvgIpc) is 2.47. The Kier molecular flexibility index (Phi) is 5.71. The molecule has 1 heterocycles. The monoisotopic (exact) mass is 365 g/mol. The number of rotatable bonds is 6. The van der Waals surface area contributed by atoms with Gasteiger partial charge in [-0.15, -0.1) is 0 Å². The van der Waals surface area contributed by atoms with Crippen LogP contribution < -0.4 is 10.9 Å².